The molecule has 3 amide bonds. The van der Waals surface area contributed by atoms with Gasteiger partial charge in [0.15, 0.2) is 0 Å². The molecule has 0 aliphatic rings. The molecule has 3 N–H and O–H groups in total. The Kier molecular flexibility index (Phi) is 6.72. The molecule has 0 saturated heterocycles. The van der Waals surface area contributed by atoms with E-state index in [2.05, 4.69) is 32.0 Å². The summed E-state index contributed by atoms with van der Waals surface area (Å²) in [5.74, 6) is -2.23. The van der Waals surface area contributed by atoms with Crippen molar-refractivity contribution >= 4 is 67.5 Å². The molecule has 0 atom stereocenters. The van der Waals surface area contributed by atoms with Crippen LogP contribution in [0, 0.1) is 13.8 Å². The molecule has 0 radical (unpaired) electrons. The third-order valence-electron chi connectivity index (χ3n) is 5.16. The van der Waals surface area contributed by atoms with Crippen LogP contribution in [-0.2, 0) is 9.59 Å². The normalized spacial score (nSPS) is 10.7. The smallest absolute Gasteiger partial charge is 0.321 e. The van der Waals surface area contributed by atoms with Crippen molar-refractivity contribution in [3.63, 3.8) is 0 Å². The van der Waals surface area contributed by atoms with Crippen LogP contribution in [0.3, 0.4) is 0 Å². The van der Waals surface area contributed by atoms with Gasteiger partial charge in [0.2, 0.25) is 0 Å². The minimum absolute atomic E-state index is 0.149. The van der Waals surface area contributed by atoms with Crippen LogP contribution in [0.15, 0.2) is 71.2 Å². The number of rotatable bonds is 4. The van der Waals surface area contributed by atoms with Crippen LogP contribution in [0.1, 0.15) is 21.6 Å². The summed E-state index contributed by atoms with van der Waals surface area (Å²) in [7, 11) is 0. The van der Waals surface area contributed by atoms with Gasteiger partial charge in [0.1, 0.15) is 5.69 Å². The van der Waals surface area contributed by atoms with Gasteiger partial charge in [-0.2, -0.15) is 0 Å². The van der Waals surface area contributed by atoms with Crippen molar-refractivity contribution in [2.75, 3.05) is 16.1 Å². The van der Waals surface area contributed by atoms with Gasteiger partial charge >= 0.3 is 11.8 Å². The van der Waals surface area contributed by atoms with Gasteiger partial charge in [-0.15, -0.1) is 0 Å². The van der Waals surface area contributed by atoms with Gasteiger partial charge in [-0.3, -0.25) is 19.8 Å². The first kappa shape index (κ1) is 23.5. The van der Waals surface area contributed by atoms with Gasteiger partial charge in [0.05, 0.1) is 5.52 Å². The van der Waals surface area contributed by atoms with E-state index in [1.807, 2.05) is 32.0 Å². The fraction of sp³-hybridized carbons (Fsp3) is 0.0800. The second kappa shape index (κ2) is 9.70. The summed E-state index contributed by atoms with van der Waals surface area (Å²) in [6.07, 6.45) is 0. The Bertz CT molecular complexity index is 1430. The van der Waals surface area contributed by atoms with Gasteiger partial charge in [-0.05, 0) is 79.6 Å². The summed E-state index contributed by atoms with van der Waals surface area (Å²) in [4.78, 5) is 38.5. The number of nitrogens with one attached hydrogen (secondary N) is 3. The molecule has 4 aromatic rings. The summed E-state index contributed by atoms with van der Waals surface area (Å²) in [6, 6.07) is 19.2. The number of halogens is 2. The first-order valence-electron chi connectivity index (χ1n) is 10.3. The van der Waals surface area contributed by atoms with Crippen LogP contribution in [-0.4, -0.2) is 22.4 Å². The summed E-state index contributed by atoms with van der Waals surface area (Å²) in [5, 5.41) is 6.65. The molecule has 4 rings (SSSR count). The minimum Gasteiger partial charge on any atom is -0.321 e. The number of hydrogen-bond donors (Lipinski definition) is 3. The third-order valence-corrected chi connectivity index (χ3v) is 5.90. The van der Waals surface area contributed by atoms with Crippen LogP contribution in [0.2, 0.25) is 5.02 Å². The first-order valence-corrected chi connectivity index (χ1v) is 11.5. The molecule has 0 fully saturated rings. The maximum absolute atomic E-state index is 13.1. The number of anilines is 2. The van der Waals surface area contributed by atoms with Crippen molar-refractivity contribution in [3.05, 3.63) is 93.0 Å². The Morgan fingerprint density at radius 3 is 2.32 bits per heavy atom. The highest BCUT2D eigenvalue weighted by Gasteiger charge is 2.21. The molecular weight excluding hydrogens is 520 g/mol. The largest absolute Gasteiger partial charge is 0.328 e. The molecule has 172 valence electrons. The second-order valence-electron chi connectivity index (χ2n) is 7.74. The Morgan fingerprint density at radius 1 is 0.853 bits per heavy atom. The quantitative estimate of drug-likeness (QED) is 0.293. The first-order chi connectivity index (χ1) is 16.2. The highest BCUT2D eigenvalue weighted by Crippen LogP contribution is 2.24. The number of fused-ring (bicyclic) bond motifs is 1. The number of hydrogen-bond acceptors (Lipinski definition) is 3. The molecule has 1 heterocycles. The predicted octanol–water partition coefficient (Wildman–Crippen LogP) is 5.64. The third kappa shape index (κ3) is 5.13. The number of amides is 3. The maximum atomic E-state index is 13.1. The SMILES string of the molecule is Cc1ccc(C)c(NC(=O)C(=O)Nn2c(C(=O)Nc3ccc(Cl)cc3)cc3cc(Br)ccc32)c1. The summed E-state index contributed by atoms with van der Waals surface area (Å²) in [5.41, 5.74) is 6.10. The van der Waals surface area contributed by atoms with Crippen molar-refractivity contribution < 1.29 is 14.4 Å². The molecule has 0 aliphatic carbocycles. The van der Waals surface area contributed by atoms with Gasteiger partial charge in [-0.25, -0.2) is 4.68 Å². The van der Waals surface area contributed by atoms with E-state index in [-0.39, 0.29) is 5.69 Å². The van der Waals surface area contributed by atoms with E-state index >= 15 is 0 Å². The van der Waals surface area contributed by atoms with Gasteiger partial charge in [0.25, 0.3) is 5.91 Å². The van der Waals surface area contributed by atoms with E-state index in [0.717, 1.165) is 15.6 Å². The number of aromatic nitrogens is 1. The number of aryl methyl sites for hydroxylation is 2. The number of carbonyl (C=O) groups is 3. The predicted molar refractivity (Wildman–Crippen MR) is 138 cm³/mol. The topological polar surface area (TPSA) is 92.2 Å². The van der Waals surface area contributed by atoms with Crippen LogP contribution in [0.4, 0.5) is 11.4 Å². The van der Waals surface area contributed by atoms with Crippen molar-refractivity contribution in [1.29, 1.82) is 0 Å². The van der Waals surface area contributed by atoms with Crippen molar-refractivity contribution in [2.24, 2.45) is 0 Å². The summed E-state index contributed by atoms with van der Waals surface area (Å²) >= 11 is 9.33. The van der Waals surface area contributed by atoms with Crippen LogP contribution in [0.25, 0.3) is 10.9 Å². The molecule has 3 aromatic carbocycles. The molecule has 7 nitrogen and oxygen atoms in total. The molecule has 0 bridgehead atoms. The van der Waals surface area contributed by atoms with Gasteiger partial charge < -0.3 is 10.6 Å². The summed E-state index contributed by atoms with van der Waals surface area (Å²) in [6.45, 7) is 3.73. The fourth-order valence-corrected chi connectivity index (χ4v) is 3.91. The standard InChI is InChI=1S/C25H20BrClN4O3/c1-14-3-4-15(2)20(11-14)29-24(33)25(34)30-31-21-10-5-17(26)12-16(21)13-22(31)23(32)28-19-8-6-18(27)7-9-19/h3-13H,1-2H3,(H,28,32)(H,29,33)(H,30,34). The highest BCUT2D eigenvalue weighted by molar-refractivity contribution is 9.10. The minimum atomic E-state index is -0.915. The Balaban J connectivity index is 1.63. The van der Waals surface area contributed by atoms with Crippen LogP contribution < -0.4 is 16.1 Å². The van der Waals surface area contributed by atoms with E-state index < -0.39 is 17.7 Å². The van der Waals surface area contributed by atoms with Gasteiger partial charge in [0, 0.05) is 26.3 Å². The molecule has 0 saturated carbocycles. The second-order valence-corrected chi connectivity index (χ2v) is 9.09. The monoisotopic (exact) mass is 538 g/mol. The van der Waals surface area contributed by atoms with E-state index in [0.29, 0.717) is 27.3 Å². The van der Waals surface area contributed by atoms with E-state index in [1.54, 1.807) is 48.5 Å². The Labute approximate surface area is 209 Å². The zero-order chi connectivity index (χ0) is 24.4. The molecule has 34 heavy (non-hydrogen) atoms. The van der Waals surface area contributed by atoms with E-state index in [9.17, 15) is 14.4 Å². The Hall–Kier alpha value is -3.62. The van der Waals surface area contributed by atoms with Gasteiger partial charge in [-0.1, -0.05) is 39.7 Å². The fourth-order valence-electron chi connectivity index (χ4n) is 3.40. The van der Waals surface area contributed by atoms with Crippen molar-refractivity contribution in [3.8, 4) is 0 Å². The maximum Gasteiger partial charge on any atom is 0.328 e. The lowest BCUT2D eigenvalue weighted by Gasteiger charge is -2.13. The molecule has 0 aliphatic heterocycles. The summed E-state index contributed by atoms with van der Waals surface area (Å²) < 4.78 is 2.11. The highest BCUT2D eigenvalue weighted by atomic mass is 79.9. The Morgan fingerprint density at radius 2 is 1.59 bits per heavy atom. The number of benzene rings is 3. The van der Waals surface area contributed by atoms with E-state index in [4.69, 9.17) is 11.6 Å². The van der Waals surface area contributed by atoms with Crippen LogP contribution in [0.5, 0.6) is 0 Å². The zero-order valence-electron chi connectivity index (χ0n) is 18.3. The average molecular weight is 540 g/mol. The molecular formula is C25H20BrClN4O3. The number of nitrogens with zero attached hydrogens (tertiary/aromatic N) is 1. The molecule has 1 aromatic heterocycles. The van der Waals surface area contributed by atoms with Crippen molar-refractivity contribution in [1.82, 2.24) is 4.68 Å². The molecule has 0 spiro atoms. The lowest BCUT2D eigenvalue weighted by Crippen LogP contribution is -2.36. The molecule has 9 heteroatoms. The molecule has 0 unspecified atom stereocenters. The average Bonchev–Trinajstić information content (AvgIpc) is 3.15. The lowest BCUT2D eigenvalue weighted by atomic mass is 10.1. The number of carbonyl (C=O) groups excluding carboxylic acids is 3. The van der Waals surface area contributed by atoms with Crippen LogP contribution >= 0.6 is 27.5 Å². The lowest BCUT2D eigenvalue weighted by molar-refractivity contribution is -0.133. The zero-order valence-corrected chi connectivity index (χ0v) is 20.6. The van der Waals surface area contributed by atoms with Crippen molar-refractivity contribution in [2.45, 2.75) is 13.8 Å². The van der Waals surface area contributed by atoms with E-state index in [1.165, 1.54) is 4.68 Å².